The van der Waals surface area contributed by atoms with E-state index in [9.17, 15) is 5.11 Å². The minimum Gasteiger partial charge on any atom is -0.497 e. The van der Waals surface area contributed by atoms with Gasteiger partial charge in [-0.3, -0.25) is 4.90 Å². The molecule has 1 atom stereocenters. The summed E-state index contributed by atoms with van der Waals surface area (Å²) in [6, 6.07) is 5.61. The molecular formula is C17H30Cl2N2O4. The number of β-amino-alcohol motifs (C(OH)–C–C–N with tert-alkyl or cyclic N) is 1. The van der Waals surface area contributed by atoms with E-state index in [0.29, 0.717) is 19.8 Å². The standard InChI is InChI=1S/C17H28N2O4.2ClH/c1-18-6-8-19(9-7-18)11-15(20)13-23-12-14-10-16(21-2)4-5-17(14)22-3;;/h4-5,10,15,20H,6-9,11-13H2,1-3H3;2*1H. The third kappa shape index (κ3) is 7.98. The van der Waals surface area contributed by atoms with Crippen LogP contribution in [0.2, 0.25) is 0 Å². The van der Waals surface area contributed by atoms with Crippen molar-refractivity contribution in [3.05, 3.63) is 23.8 Å². The molecule has 8 heteroatoms. The van der Waals surface area contributed by atoms with Crippen LogP contribution in [0.5, 0.6) is 11.5 Å². The number of rotatable bonds is 8. The molecule has 0 saturated carbocycles. The molecule has 0 amide bonds. The van der Waals surface area contributed by atoms with Crippen molar-refractivity contribution >= 4 is 24.8 Å². The van der Waals surface area contributed by atoms with E-state index in [0.717, 1.165) is 43.2 Å². The van der Waals surface area contributed by atoms with Crippen LogP contribution >= 0.6 is 24.8 Å². The number of halogens is 2. The Morgan fingerprint density at radius 2 is 1.76 bits per heavy atom. The van der Waals surface area contributed by atoms with Crippen LogP contribution in [0.1, 0.15) is 5.56 Å². The molecule has 6 nitrogen and oxygen atoms in total. The fourth-order valence-electron chi connectivity index (χ4n) is 2.68. The minimum absolute atomic E-state index is 0. The molecule has 0 aromatic heterocycles. The number of aliphatic hydroxyl groups excluding tert-OH is 1. The van der Waals surface area contributed by atoms with E-state index in [1.54, 1.807) is 14.2 Å². The summed E-state index contributed by atoms with van der Waals surface area (Å²) in [7, 11) is 5.39. The molecule has 0 radical (unpaired) electrons. The SMILES string of the molecule is COc1ccc(OC)c(COCC(O)CN2CCN(C)CC2)c1.Cl.Cl. The van der Waals surface area contributed by atoms with Crippen molar-refractivity contribution in [1.82, 2.24) is 9.80 Å². The molecule has 0 bridgehead atoms. The predicted molar refractivity (Wildman–Crippen MR) is 104 cm³/mol. The quantitative estimate of drug-likeness (QED) is 0.721. The molecule has 1 aliphatic heterocycles. The molecule has 1 aromatic rings. The van der Waals surface area contributed by atoms with Crippen molar-refractivity contribution in [1.29, 1.82) is 0 Å². The van der Waals surface area contributed by atoms with E-state index in [1.165, 1.54) is 0 Å². The number of piperazine rings is 1. The van der Waals surface area contributed by atoms with Gasteiger partial charge in [0.05, 0.1) is 33.5 Å². The molecule has 146 valence electrons. The number of hydrogen-bond acceptors (Lipinski definition) is 6. The van der Waals surface area contributed by atoms with Gasteiger partial charge in [-0.25, -0.2) is 0 Å². The van der Waals surface area contributed by atoms with Gasteiger partial charge in [0.2, 0.25) is 0 Å². The summed E-state index contributed by atoms with van der Waals surface area (Å²) >= 11 is 0. The first kappa shape index (κ1) is 24.2. The third-order valence-corrected chi connectivity index (χ3v) is 4.12. The molecular weight excluding hydrogens is 367 g/mol. The number of benzene rings is 1. The minimum atomic E-state index is -0.477. The van der Waals surface area contributed by atoms with Crippen molar-refractivity contribution in [3.63, 3.8) is 0 Å². The van der Waals surface area contributed by atoms with Crippen molar-refractivity contribution in [2.75, 3.05) is 60.6 Å². The lowest BCUT2D eigenvalue weighted by Crippen LogP contribution is -2.47. The lowest BCUT2D eigenvalue weighted by atomic mass is 10.2. The Bertz CT molecular complexity index is 486. The number of aliphatic hydroxyl groups is 1. The second-order valence-electron chi connectivity index (χ2n) is 5.95. The second kappa shape index (κ2) is 12.6. The molecule has 2 rings (SSSR count). The number of hydrogen-bond donors (Lipinski definition) is 1. The van der Waals surface area contributed by atoms with Gasteiger partial charge in [0.15, 0.2) is 0 Å². The Kier molecular flexibility index (Phi) is 12.2. The Labute approximate surface area is 162 Å². The van der Waals surface area contributed by atoms with Crippen LogP contribution in [0, 0.1) is 0 Å². The number of nitrogens with zero attached hydrogens (tertiary/aromatic N) is 2. The zero-order valence-corrected chi connectivity index (χ0v) is 16.8. The van der Waals surface area contributed by atoms with Gasteiger partial charge >= 0.3 is 0 Å². The van der Waals surface area contributed by atoms with Gasteiger partial charge in [-0.15, -0.1) is 24.8 Å². The maximum atomic E-state index is 10.1. The van der Waals surface area contributed by atoms with Crippen molar-refractivity contribution in [2.24, 2.45) is 0 Å². The highest BCUT2D eigenvalue weighted by molar-refractivity contribution is 5.85. The topological polar surface area (TPSA) is 54.4 Å². The maximum absolute atomic E-state index is 10.1. The number of ether oxygens (including phenoxy) is 3. The van der Waals surface area contributed by atoms with Gasteiger partial charge in [-0.05, 0) is 25.2 Å². The van der Waals surface area contributed by atoms with Crippen molar-refractivity contribution in [3.8, 4) is 11.5 Å². The fraction of sp³-hybridized carbons (Fsp3) is 0.647. The summed E-state index contributed by atoms with van der Waals surface area (Å²) in [4.78, 5) is 4.58. The third-order valence-electron chi connectivity index (χ3n) is 4.12. The lowest BCUT2D eigenvalue weighted by Gasteiger charge is -2.33. The van der Waals surface area contributed by atoms with Gasteiger partial charge in [0, 0.05) is 38.3 Å². The van der Waals surface area contributed by atoms with E-state index in [4.69, 9.17) is 14.2 Å². The summed E-state index contributed by atoms with van der Waals surface area (Å²) in [5.41, 5.74) is 0.915. The van der Waals surface area contributed by atoms with E-state index in [-0.39, 0.29) is 24.8 Å². The monoisotopic (exact) mass is 396 g/mol. The Morgan fingerprint density at radius 3 is 2.36 bits per heavy atom. The van der Waals surface area contributed by atoms with Crippen molar-refractivity contribution in [2.45, 2.75) is 12.7 Å². The van der Waals surface area contributed by atoms with Crippen LogP contribution in [0.25, 0.3) is 0 Å². The molecule has 1 saturated heterocycles. The molecule has 0 aliphatic carbocycles. The summed E-state index contributed by atoms with van der Waals surface area (Å²) in [6.07, 6.45) is -0.477. The van der Waals surface area contributed by atoms with Gasteiger partial charge in [0.1, 0.15) is 11.5 Å². The predicted octanol–water partition coefficient (Wildman–Crippen LogP) is 1.67. The second-order valence-corrected chi connectivity index (χ2v) is 5.95. The molecule has 25 heavy (non-hydrogen) atoms. The van der Waals surface area contributed by atoms with Crippen LogP contribution in [0.4, 0.5) is 0 Å². The van der Waals surface area contributed by atoms with Gasteiger partial charge in [-0.1, -0.05) is 0 Å². The zero-order chi connectivity index (χ0) is 16.7. The van der Waals surface area contributed by atoms with Gasteiger partial charge < -0.3 is 24.2 Å². The largest absolute Gasteiger partial charge is 0.497 e. The molecule has 1 N–H and O–H groups in total. The fourth-order valence-corrected chi connectivity index (χ4v) is 2.68. The lowest BCUT2D eigenvalue weighted by molar-refractivity contribution is 0.00252. The highest BCUT2D eigenvalue weighted by atomic mass is 35.5. The Balaban J connectivity index is 0.00000288. The van der Waals surface area contributed by atoms with E-state index in [2.05, 4.69) is 16.8 Å². The van der Waals surface area contributed by atoms with Crippen LogP contribution < -0.4 is 9.47 Å². The normalized spacial score (nSPS) is 16.5. The molecule has 1 aliphatic rings. The van der Waals surface area contributed by atoms with Gasteiger partial charge in [-0.2, -0.15) is 0 Å². The van der Waals surface area contributed by atoms with Crippen LogP contribution in [0.15, 0.2) is 18.2 Å². The Hall–Kier alpha value is -0.760. The first-order chi connectivity index (χ1) is 11.1. The van der Waals surface area contributed by atoms with Crippen molar-refractivity contribution < 1.29 is 19.3 Å². The van der Waals surface area contributed by atoms with E-state index < -0.39 is 6.10 Å². The molecule has 1 unspecified atom stereocenters. The Morgan fingerprint density at radius 1 is 1.08 bits per heavy atom. The van der Waals surface area contributed by atoms with E-state index >= 15 is 0 Å². The van der Waals surface area contributed by atoms with Crippen LogP contribution in [-0.2, 0) is 11.3 Å². The first-order valence-corrected chi connectivity index (χ1v) is 8.00. The summed E-state index contributed by atoms with van der Waals surface area (Å²) < 4.78 is 16.2. The summed E-state index contributed by atoms with van der Waals surface area (Å²) in [6.45, 7) is 5.45. The zero-order valence-electron chi connectivity index (χ0n) is 15.1. The van der Waals surface area contributed by atoms with Gasteiger partial charge in [0.25, 0.3) is 0 Å². The highest BCUT2D eigenvalue weighted by Crippen LogP contribution is 2.24. The van der Waals surface area contributed by atoms with Crippen LogP contribution in [0.3, 0.4) is 0 Å². The number of methoxy groups -OCH3 is 2. The number of likely N-dealkylation sites (N-methyl/N-ethyl adjacent to an activating group) is 1. The first-order valence-electron chi connectivity index (χ1n) is 8.00. The average molecular weight is 397 g/mol. The molecule has 1 fully saturated rings. The average Bonchev–Trinajstić information content (AvgIpc) is 2.57. The smallest absolute Gasteiger partial charge is 0.124 e. The molecule has 1 aromatic carbocycles. The summed E-state index contributed by atoms with van der Waals surface area (Å²) in [5.74, 6) is 1.53. The van der Waals surface area contributed by atoms with Crippen LogP contribution in [-0.4, -0.2) is 81.6 Å². The molecule has 1 heterocycles. The highest BCUT2D eigenvalue weighted by Gasteiger charge is 2.17. The summed E-state index contributed by atoms with van der Waals surface area (Å²) in [5, 5.41) is 10.1. The van der Waals surface area contributed by atoms with E-state index in [1.807, 2.05) is 18.2 Å². The maximum Gasteiger partial charge on any atom is 0.124 e. The molecule has 0 spiro atoms.